The molecule has 2 rings (SSSR count). The van der Waals surface area contributed by atoms with Crippen molar-refractivity contribution in [3.05, 3.63) is 12.7 Å². The molecule has 0 fully saturated rings. The van der Waals surface area contributed by atoms with Crippen LogP contribution in [0.15, 0.2) is 12.7 Å². The molecule has 0 aromatic carbocycles. The van der Waals surface area contributed by atoms with Crippen molar-refractivity contribution in [3.63, 3.8) is 0 Å². The highest BCUT2D eigenvalue weighted by Gasteiger charge is 2.18. The highest BCUT2D eigenvalue weighted by Crippen LogP contribution is 2.34. The van der Waals surface area contributed by atoms with E-state index in [1.807, 2.05) is 13.8 Å². The third-order valence-electron chi connectivity index (χ3n) is 3.24. The lowest BCUT2D eigenvalue weighted by Crippen LogP contribution is -2.16. The van der Waals surface area contributed by atoms with Gasteiger partial charge in [-0.15, -0.1) is 0 Å². The molecule has 2 aromatic rings. The van der Waals surface area contributed by atoms with Crippen molar-refractivity contribution in [1.82, 2.24) is 19.5 Å². The van der Waals surface area contributed by atoms with E-state index in [9.17, 15) is 9.67 Å². The van der Waals surface area contributed by atoms with Gasteiger partial charge in [-0.3, -0.25) is 4.57 Å². The summed E-state index contributed by atoms with van der Waals surface area (Å²) < 4.78 is 17.4. The second kappa shape index (κ2) is 8.00. The van der Waals surface area contributed by atoms with Gasteiger partial charge in [0.1, 0.15) is 18.2 Å². The Kier molecular flexibility index (Phi) is 6.25. The van der Waals surface area contributed by atoms with Gasteiger partial charge in [-0.1, -0.05) is 0 Å². The molecular weight excluding hydrogens is 337 g/mol. The molecule has 2 heterocycles. The van der Waals surface area contributed by atoms with Crippen molar-refractivity contribution in [2.24, 2.45) is 0 Å². The van der Waals surface area contributed by atoms with Crippen LogP contribution >= 0.6 is 7.60 Å². The smallest absolute Gasteiger partial charge is 0.350 e. The van der Waals surface area contributed by atoms with Crippen LogP contribution in [0.5, 0.6) is 0 Å². The predicted molar refractivity (Wildman–Crippen MR) is 87.7 cm³/mol. The normalized spacial score (nSPS) is 13.6. The third kappa shape index (κ3) is 4.96. The second-order valence-corrected chi connectivity index (χ2v) is 7.26. The molecule has 24 heavy (non-hydrogen) atoms. The molecule has 0 radical (unpaired) electrons. The van der Waals surface area contributed by atoms with E-state index in [4.69, 9.17) is 14.5 Å². The summed E-state index contributed by atoms with van der Waals surface area (Å²) in [7, 11) is -4.19. The molecule has 0 saturated heterocycles. The Morgan fingerprint density at radius 1 is 1.33 bits per heavy atom. The fourth-order valence-electron chi connectivity index (χ4n) is 2.22. The summed E-state index contributed by atoms with van der Waals surface area (Å²) in [6.07, 6.45) is 2.71. The van der Waals surface area contributed by atoms with Crippen molar-refractivity contribution in [3.8, 4) is 0 Å². The summed E-state index contributed by atoms with van der Waals surface area (Å²) in [6, 6.07) is -0.184. The lowest BCUT2D eigenvalue weighted by Gasteiger charge is -2.17. The van der Waals surface area contributed by atoms with Crippen LogP contribution in [0.4, 0.5) is 5.82 Å². The van der Waals surface area contributed by atoms with Crippen molar-refractivity contribution in [1.29, 1.82) is 0 Å². The number of hydrogen-bond acceptors (Lipinski definition) is 7. The number of ether oxygens (including phenoxy) is 1. The maximum Gasteiger partial charge on any atom is 0.350 e. The molecule has 4 N–H and O–H groups in total. The molecular formula is C13H22N5O5P. The number of aliphatic hydroxyl groups is 1. The van der Waals surface area contributed by atoms with Crippen molar-refractivity contribution in [2.75, 3.05) is 24.9 Å². The van der Waals surface area contributed by atoms with Crippen LogP contribution < -0.4 is 5.32 Å². The summed E-state index contributed by atoms with van der Waals surface area (Å²) in [4.78, 5) is 30.2. The van der Waals surface area contributed by atoms with Crippen LogP contribution in [0.1, 0.15) is 26.3 Å². The standard InChI is InChI=1S/C13H22N5O5P/c1-9(2)17-12-11-13(15-6-14-12)18(7-16-11)10(5-19)3-4-23-8-24(20,21)22/h6-7,9-10,19H,3-5,8H2,1-2H3,(H,14,15,17)(H2,20,21,22). The van der Waals surface area contributed by atoms with E-state index in [1.54, 1.807) is 10.9 Å². The van der Waals surface area contributed by atoms with Gasteiger partial charge in [-0.25, -0.2) is 15.0 Å². The second-order valence-electron chi connectivity index (χ2n) is 5.67. The Morgan fingerprint density at radius 2 is 2.08 bits per heavy atom. The number of hydrogen-bond donors (Lipinski definition) is 4. The average molecular weight is 359 g/mol. The first kappa shape index (κ1) is 18.8. The molecule has 0 saturated carbocycles. The summed E-state index contributed by atoms with van der Waals surface area (Å²) in [5.41, 5.74) is 1.17. The zero-order valence-corrected chi connectivity index (χ0v) is 14.4. The summed E-state index contributed by atoms with van der Waals surface area (Å²) in [5, 5.41) is 12.8. The lowest BCUT2D eigenvalue weighted by atomic mass is 10.2. The topological polar surface area (TPSA) is 143 Å². The van der Waals surface area contributed by atoms with Gasteiger partial charge in [0.25, 0.3) is 0 Å². The quantitative estimate of drug-likeness (QED) is 0.376. The van der Waals surface area contributed by atoms with E-state index in [-0.39, 0.29) is 25.3 Å². The molecule has 0 spiro atoms. The monoisotopic (exact) mass is 359 g/mol. The van der Waals surface area contributed by atoms with Gasteiger partial charge < -0.3 is 29.5 Å². The minimum atomic E-state index is -4.19. The molecule has 1 atom stereocenters. The number of rotatable bonds is 9. The van der Waals surface area contributed by atoms with Crippen LogP contribution in [0.2, 0.25) is 0 Å². The third-order valence-corrected chi connectivity index (χ3v) is 3.76. The lowest BCUT2D eigenvalue weighted by molar-refractivity contribution is 0.127. The first-order valence-corrected chi connectivity index (χ1v) is 9.29. The van der Waals surface area contributed by atoms with Crippen LogP contribution in [0.25, 0.3) is 11.2 Å². The summed E-state index contributed by atoms with van der Waals surface area (Å²) >= 11 is 0. The highest BCUT2D eigenvalue weighted by atomic mass is 31.2. The summed E-state index contributed by atoms with van der Waals surface area (Å²) in [5.74, 6) is 0.614. The number of imidazole rings is 1. The number of aliphatic hydroxyl groups excluding tert-OH is 1. The maximum atomic E-state index is 10.8. The zero-order valence-electron chi connectivity index (χ0n) is 13.5. The van der Waals surface area contributed by atoms with E-state index in [0.717, 1.165) is 0 Å². The SMILES string of the molecule is CC(C)Nc1ncnc2c1ncn2C(CO)CCOCP(=O)(O)O. The van der Waals surface area contributed by atoms with E-state index in [1.165, 1.54) is 6.33 Å². The van der Waals surface area contributed by atoms with Gasteiger partial charge in [0, 0.05) is 12.6 Å². The van der Waals surface area contributed by atoms with E-state index in [0.29, 0.717) is 23.4 Å². The zero-order chi connectivity index (χ0) is 17.7. The fourth-order valence-corrected chi connectivity index (χ4v) is 2.59. The first-order valence-electron chi connectivity index (χ1n) is 7.49. The van der Waals surface area contributed by atoms with Gasteiger partial charge in [-0.05, 0) is 20.3 Å². The Balaban J connectivity index is 2.13. The van der Waals surface area contributed by atoms with E-state index in [2.05, 4.69) is 20.3 Å². The summed E-state index contributed by atoms with van der Waals surface area (Å²) in [6.45, 7) is 3.89. The molecule has 2 aromatic heterocycles. The molecule has 134 valence electrons. The van der Waals surface area contributed by atoms with Crippen molar-refractivity contribution >= 4 is 24.6 Å². The molecule has 0 amide bonds. The number of fused-ring (bicyclic) bond motifs is 1. The Labute approximate surface area is 139 Å². The van der Waals surface area contributed by atoms with Crippen LogP contribution in [-0.4, -0.2) is 60.0 Å². The number of anilines is 1. The minimum absolute atomic E-state index is 0.0954. The van der Waals surface area contributed by atoms with Crippen LogP contribution in [0, 0.1) is 0 Å². The minimum Gasteiger partial charge on any atom is -0.394 e. The van der Waals surface area contributed by atoms with Gasteiger partial charge in [0.05, 0.1) is 19.0 Å². The van der Waals surface area contributed by atoms with E-state index < -0.39 is 13.9 Å². The van der Waals surface area contributed by atoms with Gasteiger partial charge in [0.2, 0.25) is 0 Å². The number of nitrogens with zero attached hydrogens (tertiary/aromatic N) is 4. The van der Waals surface area contributed by atoms with Crippen molar-refractivity contribution < 1.29 is 24.2 Å². The largest absolute Gasteiger partial charge is 0.394 e. The van der Waals surface area contributed by atoms with Crippen molar-refractivity contribution in [2.45, 2.75) is 32.4 Å². The Bertz CT molecular complexity index is 716. The highest BCUT2D eigenvalue weighted by molar-refractivity contribution is 7.51. The molecule has 0 aliphatic rings. The Hall–Kier alpha value is -1.58. The van der Waals surface area contributed by atoms with Gasteiger partial charge >= 0.3 is 7.60 Å². The van der Waals surface area contributed by atoms with E-state index >= 15 is 0 Å². The van der Waals surface area contributed by atoms with Gasteiger partial charge in [-0.2, -0.15) is 0 Å². The molecule has 0 aliphatic heterocycles. The van der Waals surface area contributed by atoms with Gasteiger partial charge in [0.15, 0.2) is 11.5 Å². The number of aromatic nitrogens is 4. The fraction of sp³-hybridized carbons (Fsp3) is 0.615. The molecule has 0 aliphatic carbocycles. The molecule has 10 nitrogen and oxygen atoms in total. The predicted octanol–water partition coefficient (Wildman–Crippen LogP) is 0.722. The van der Waals surface area contributed by atoms with Crippen LogP contribution in [0.3, 0.4) is 0 Å². The molecule has 11 heteroatoms. The molecule has 1 unspecified atom stereocenters. The molecule has 0 bridgehead atoms. The van der Waals surface area contributed by atoms with Crippen LogP contribution in [-0.2, 0) is 9.30 Å². The number of nitrogens with one attached hydrogen (secondary N) is 1. The average Bonchev–Trinajstić information content (AvgIpc) is 2.91. The first-order chi connectivity index (χ1) is 11.3. The Morgan fingerprint density at radius 3 is 2.71 bits per heavy atom. The maximum absolute atomic E-state index is 10.8.